The van der Waals surface area contributed by atoms with Crippen LogP contribution < -0.4 is 5.32 Å². The Balaban J connectivity index is 0.000000396. The van der Waals surface area contributed by atoms with E-state index in [0.717, 1.165) is 25.1 Å². The molecule has 11 heteroatoms. The van der Waals surface area contributed by atoms with E-state index in [-0.39, 0.29) is 18.4 Å². The molecule has 162 valence electrons. The summed E-state index contributed by atoms with van der Waals surface area (Å²) < 4.78 is 33.7. The number of hydrogen-bond donors (Lipinski definition) is 3. The van der Waals surface area contributed by atoms with Gasteiger partial charge in [-0.25, -0.2) is 9.78 Å². The Bertz CT molecular complexity index is 940. The minimum Gasteiger partial charge on any atom is -0.481 e. The number of carbonyl (C=O) groups is 3. The summed E-state index contributed by atoms with van der Waals surface area (Å²) in [6, 6.07) is 7.16. The summed E-state index contributed by atoms with van der Waals surface area (Å²) in [5, 5.41) is 18.8. The predicted molar refractivity (Wildman–Crippen MR) is 99.3 cm³/mol. The minimum atomic E-state index is -5.08. The van der Waals surface area contributed by atoms with Crippen LogP contribution in [0.25, 0.3) is 0 Å². The molecule has 0 spiro atoms. The number of fused-ring (bicyclic) bond motifs is 1. The highest BCUT2D eigenvalue weighted by atomic mass is 19.4. The lowest BCUT2D eigenvalue weighted by Gasteiger charge is -2.23. The molecule has 1 aliphatic heterocycles. The molecule has 0 fully saturated rings. The fraction of sp³-hybridized carbons (Fsp3) is 0.368. The van der Waals surface area contributed by atoms with Crippen molar-refractivity contribution in [2.45, 2.75) is 44.8 Å². The van der Waals surface area contributed by atoms with Crippen molar-refractivity contribution in [3.05, 3.63) is 47.5 Å². The van der Waals surface area contributed by atoms with Crippen LogP contribution >= 0.6 is 0 Å². The molecule has 0 saturated heterocycles. The zero-order valence-corrected chi connectivity index (χ0v) is 15.9. The number of aliphatic carboxylic acids is 2. The number of carboxylic acid groups (broad SMARTS) is 2. The maximum atomic E-state index is 12.5. The summed E-state index contributed by atoms with van der Waals surface area (Å²) in [6.07, 6.45) is -0.504. The molecule has 0 saturated carbocycles. The van der Waals surface area contributed by atoms with Crippen LogP contribution in [0.4, 0.5) is 18.9 Å². The van der Waals surface area contributed by atoms with E-state index in [1.54, 1.807) is 30.5 Å². The van der Waals surface area contributed by atoms with Crippen LogP contribution in [-0.2, 0) is 22.4 Å². The van der Waals surface area contributed by atoms with Gasteiger partial charge in [-0.2, -0.15) is 13.2 Å². The zero-order valence-electron chi connectivity index (χ0n) is 15.9. The number of nitrogens with one attached hydrogen (secondary N) is 1. The van der Waals surface area contributed by atoms with Crippen molar-refractivity contribution in [3.63, 3.8) is 0 Å². The molecular formula is C19H20F3N3O5. The Morgan fingerprint density at radius 1 is 1.27 bits per heavy atom. The van der Waals surface area contributed by atoms with Crippen LogP contribution in [0.1, 0.15) is 47.7 Å². The molecule has 3 N–H and O–H groups in total. The number of rotatable bonds is 4. The van der Waals surface area contributed by atoms with E-state index < -0.39 is 18.1 Å². The van der Waals surface area contributed by atoms with Gasteiger partial charge in [0.2, 0.25) is 0 Å². The number of imidazole rings is 1. The van der Waals surface area contributed by atoms with E-state index in [9.17, 15) is 22.8 Å². The molecule has 1 aliphatic rings. The third kappa shape index (κ3) is 6.06. The molecule has 1 aromatic heterocycles. The van der Waals surface area contributed by atoms with E-state index in [2.05, 4.69) is 17.2 Å². The number of aromatic nitrogens is 2. The number of benzene rings is 1. The van der Waals surface area contributed by atoms with Crippen LogP contribution in [-0.4, -0.2) is 43.8 Å². The first-order valence-electron chi connectivity index (χ1n) is 8.97. The fourth-order valence-electron chi connectivity index (χ4n) is 3.06. The Morgan fingerprint density at radius 2 is 1.93 bits per heavy atom. The number of anilines is 1. The first-order chi connectivity index (χ1) is 14.0. The number of alkyl halides is 3. The van der Waals surface area contributed by atoms with Gasteiger partial charge in [0.05, 0.1) is 12.6 Å². The average Bonchev–Trinajstić information content (AvgIpc) is 3.07. The quantitative estimate of drug-likeness (QED) is 0.688. The minimum absolute atomic E-state index is 0.0666. The van der Waals surface area contributed by atoms with Crippen molar-refractivity contribution in [1.29, 1.82) is 0 Å². The van der Waals surface area contributed by atoms with E-state index >= 15 is 0 Å². The Labute approximate surface area is 169 Å². The van der Waals surface area contributed by atoms with Crippen LogP contribution in [0.2, 0.25) is 0 Å². The lowest BCUT2D eigenvalue weighted by atomic mass is 10.1. The standard InChI is InChI=1S/C17H19N3O3.C2HF3O2/c1-11-4-2-7-15-18-10-14(20(11)15)17(23)19-13-6-3-5-12(8-13)9-16(21)22;3-2(4,5)1(6)7/h3,5-6,8,10-11H,2,4,7,9H2,1H3,(H,19,23)(H,21,22);(H,6,7). The molecule has 0 radical (unpaired) electrons. The number of halogens is 3. The van der Waals surface area contributed by atoms with Gasteiger partial charge in [-0.3, -0.25) is 9.59 Å². The molecule has 3 rings (SSSR count). The molecular weight excluding hydrogens is 407 g/mol. The van der Waals surface area contributed by atoms with Crippen molar-refractivity contribution in [3.8, 4) is 0 Å². The number of nitrogens with zero attached hydrogens (tertiary/aromatic N) is 2. The van der Waals surface area contributed by atoms with Gasteiger partial charge in [-0.15, -0.1) is 0 Å². The van der Waals surface area contributed by atoms with E-state index in [1.807, 2.05) is 4.57 Å². The van der Waals surface area contributed by atoms with Gasteiger partial charge in [0.1, 0.15) is 11.5 Å². The maximum Gasteiger partial charge on any atom is 0.490 e. The topological polar surface area (TPSA) is 122 Å². The smallest absolute Gasteiger partial charge is 0.481 e. The van der Waals surface area contributed by atoms with Gasteiger partial charge >= 0.3 is 18.1 Å². The van der Waals surface area contributed by atoms with Crippen LogP contribution in [0.15, 0.2) is 30.5 Å². The molecule has 2 heterocycles. The highest BCUT2D eigenvalue weighted by molar-refractivity contribution is 6.03. The number of carboxylic acids is 2. The highest BCUT2D eigenvalue weighted by Crippen LogP contribution is 2.26. The summed E-state index contributed by atoms with van der Waals surface area (Å²) in [7, 11) is 0. The zero-order chi connectivity index (χ0) is 22.5. The molecule has 1 atom stereocenters. The van der Waals surface area contributed by atoms with Gasteiger partial charge < -0.3 is 20.1 Å². The SMILES string of the molecule is CC1CCCc2ncc(C(=O)Nc3cccc(CC(=O)O)c3)n21.O=C(O)C(F)(F)F. The number of carbonyl (C=O) groups excluding carboxylic acids is 1. The van der Waals surface area contributed by atoms with E-state index in [4.69, 9.17) is 15.0 Å². The van der Waals surface area contributed by atoms with Crippen molar-refractivity contribution in [2.24, 2.45) is 0 Å². The summed E-state index contributed by atoms with van der Waals surface area (Å²) >= 11 is 0. The van der Waals surface area contributed by atoms with Crippen LogP contribution in [0.3, 0.4) is 0 Å². The summed E-state index contributed by atoms with van der Waals surface area (Å²) in [5.41, 5.74) is 1.79. The van der Waals surface area contributed by atoms with Crippen molar-refractivity contribution in [2.75, 3.05) is 5.32 Å². The fourth-order valence-corrected chi connectivity index (χ4v) is 3.06. The largest absolute Gasteiger partial charge is 0.490 e. The number of aryl methyl sites for hydroxylation is 1. The van der Waals surface area contributed by atoms with Crippen molar-refractivity contribution >= 4 is 23.5 Å². The predicted octanol–water partition coefficient (Wildman–Crippen LogP) is 3.29. The van der Waals surface area contributed by atoms with E-state index in [0.29, 0.717) is 16.9 Å². The van der Waals surface area contributed by atoms with Crippen molar-refractivity contribution in [1.82, 2.24) is 9.55 Å². The first-order valence-corrected chi connectivity index (χ1v) is 8.97. The molecule has 1 amide bonds. The molecule has 1 aromatic carbocycles. The summed E-state index contributed by atoms with van der Waals surface area (Å²) in [5.74, 6) is -2.92. The lowest BCUT2D eigenvalue weighted by Crippen LogP contribution is -2.23. The summed E-state index contributed by atoms with van der Waals surface area (Å²) in [6.45, 7) is 2.09. The molecule has 8 nitrogen and oxygen atoms in total. The Hall–Kier alpha value is -3.37. The second kappa shape index (κ2) is 9.42. The van der Waals surface area contributed by atoms with Crippen LogP contribution in [0, 0.1) is 0 Å². The molecule has 0 bridgehead atoms. The second-order valence-corrected chi connectivity index (χ2v) is 6.70. The average molecular weight is 427 g/mol. The highest BCUT2D eigenvalue weighted by Gasteiger charge is 2.38. The van der Waals surface area contributed by atoms with Gasteiger partial charge in [0.25, 0.3) is 5.91 Å². The maximum absolute atomic E-state index is 12.5. The number of amides is 1. The third-order valence-electron chi connectivity index (χ3n) is 4.35. The third-order valence-corrected chi connectivity index (χ3v) is 4.35. The normalized spacial score (nSPS) is 15.4. The van der Waals surface area contributed by atoms with Crippen LogP contribution in [0.5, 0.6) is 0 Å². The Morgan fingerprint density at radius 3 is 2.53 bits per heavy atom. The summed E-state index contributed by atoms with van der Waals surface area (Å²) in [4.78, 5) is 36.6. The van der Waals surface area contributed by atoms with E-state index in [1.165, 1.54) is 0 Å². The van der Waals surface area contributed by atoms with Gasteiger partial charge in [-0.1, -0.05) is 12.1 Å². The molecule has 0 aliphatic carbocycles. The number of hydrogen-bond acceptors (Lipinski definition) is 4. The first kappa shape index (κ1) is 22.9. The van der Waals surface area contributed by atoms with Gasteiger partial charge in [-0.05, 0) is 37.5 Å². The molecule has 30 heavy (non-hydrogen) atoms. The molecule has 2 aromatic rings. The molecule has 1 unspecified atom stereocenters. The van der Waals surface area contributed by atoms with Gasteiger partial charge in [0.15, 0.2) is 0 Å². The lowest BCUT2D eigenvalue weighted by molar-refractivity contribution is -0.192. The van der Waals surface area contributed by atoms with Gasteiger partial charge in [0, 0.05) is 18.2 Å². The van der Waals surface area contributed by atoms with Crippen molar-refractivity contribution < 1.29 is 37.8 Å². The Kier molecular flexibility index (Phi) is 7.19. The monoisotopic (exact) mass is 427 g/mol. The second-order valence-electron chi connectivity index (χ2n) is 6.70.